The highest BCUT2D eigenvalue weighted by Gasteiger charge is 2.39. The zero-order valence-corrected chi connectivity index (χ0v) is 6.62. The molecular formula is C9H10O3. The fourth-order valence-electron chi connectivity index (χ4n) is 1.94. The molecule has 0 aromatic heterocycles. The van der Waals surface area contributed by atoms with Crippen LogP contribution in [-0.4, -0.2) is 23.3 Å². The van der Waals surface area contributed by atoms with E-state index in [0.717, 1.165) is 19.3 Å². The minimum absolute atomic E-state index is 0.167. The second-order valence-electron chi connectivity index (χ2n) is 3.29. The second-order valence-corrected chi connectivity index (χ2v) is 3.29. The monoisotopic (exact) mass is 166 g/mol. The van der Waals surface area contributed by atoms with Gasteiger partial charge in [0.2, 0.25) is 0 Å². The number of carboxylic acid groups (broad SMARTS) is 1. The highest BCUT2D eigenvalue weighted by Crippen LogP contribution is 2.38. The number of fused-ring (bicyclic) bond motifs is 2. The Hall–Kier alpha value is -1.01. The van der Waals surface area contributed by atoms with E-state index in [0.29, 0.717) is 6.10 Å². The van der Waals surface area contributed by atoms with E-state index in [1.807, 2.05) is 0 Å². The lowest BCUT2D eigenvalue weighted by atomic mass is 9.90. The Morgan fingerprint density at radius 3 is 2.83 bits per heavy atom. The van der Waals surface area contributed by atoms with Crippen molar-refractivity contribution in [3.8, 4) is 11.8 Å². The summed E-state index contributed by atoms with van der Waals surface area (Å²) < 4.78 is 5.52. The molecule has 1 unspecified atom stereocenters. The standard InChI is InChI=1S/C9H10O3/c10-9(11)4-1-6-5-7-2-3-8(6)12-7/h6-8H,2-3,5H2,(H,10,11)/t6?,7-,8+/m0/s1. The SMILES string of the molecule is O=C(O)C#CC1C[C@@H]2CC[C@H]1O2. The van der Waals surface area contributed by atoms with Gasteiger partial charge < -0.3 is 9.84 Å². The van der Waals surface area contributed by atoms with Gasteiger partial charge in [0, 0.05) is 11.8 Å². The summed E-state index contributed by atoms with van der Waals surface area (Å²) in [7, 11) is 0. The van der Waals surface area contributed by atoms with Crippen LogP contribution in [0.2, 0.25) is 0 Å². The number of carbonyl (C=O) groups is 1. The summed E-state index contributed by atoms with van der Waals surface area (Å²) in [4.78, 5) is 10.1. The molecule has 0 aliphatic carbocycles. The number of carboxylic acids is 1. The van der Waals surface area contributed by atoms with E-state index in [-0.39, 0.29) is 12.0 Å². The highest BCUT2D eigenvalue weighted by atomic mass is 16.5. The summed E-state index contributed by atoms with van der Waals surface area (Å²) in [5, 5.41) is 8.33. The molecule has 64 valence electrons. The number of aliphatic carboxylic acids is 1. The van der Waals surface area contributed by atoms with Crippen molar-refractivity contribution in [2.75, 3.05) is 0 Å². The number of hydrogen-bond donors (Lipinski definition) is 1. The van der Waals surface area contributed by atoms with E-state index in [1.54, 1.807) is 0 Å². The largest absolute Gasteiger partial charge is 0.472 e. The van der Waals surface area contributed by atoms with Crippen molar-refractivity contribution in [1.82, 2.24) is 0 Å². The molecule has 2 aliphatic rings. The van der Waals surface area contributed by atoms with Crippen LogP contribution >= 0.6 is 0 Å². The molecule has 0 spiro atoms. The normalized spacial score (nSPS) is 37.5. The van der Waals surface area contributed by atoms with Crippen molar-refractivity contribution in [2.24, 2.45) is 5.92 Å². The molecule has 2 saturated heterocycles. The predicted molar refractivity (Wildman–Crippen MR) is 41.4 cm³/mol. The van der Waals surface area contributed by atoms with E-state index < -0.39 is 5.97 Å². The maximum atomic E-state index is 10.1. The molecule has 0 aromatic rings. The van der Waals surface area contributed by atoms with Gasteiger partial charge in [-0.2, -0.15) is 0 Å². The molecule has 3 nitrogen and oxygen atoms in total. The van der Waals surface area contributed by atoms with E-state index in [1.165, 1.54) is 0 Å². The van der Waals surface area contributed by atoms with Crippen LogP contribution in [0.4, 0.5) is 0 Å². The van der Waals surface area contributed by atoms with E-state index in [4.69, 9.17) is 9.84 Å². The molecule has 3 atom stereocenters. The Balaban J connectivity index is 2.00. The van der Waals surface area contributed by atoms with Crippen LogP contribution < -0.4 is 0 Å². The van der Waals surface area contributed by atoms with Gasteiger partial charge in [-0.25, -0.2) is 4.79 Å². The molecule has 0 amide bonds. The maximum absolute atomic E-state index is 10.1. The Labute approximate surface area is 70.7 Å². The minimum atomic E-state index is -1.04. The summed E-state index contributed by atoms with van der Waals surface area (Å²) in [5.74, 6) is 4.02. The predicted octanol–water partition coefficient (Wildman–Crippen LogP) is 0.642. The van der Waals surface area contributed by atoms with Gasteiger partial charge in [0.15, 0.2) is 0 Å². The Bertz CT molecular complexity index is 261. The molecule has 0 saturated carbocycles. The van der Waals surface area contributed by atoms with Crippen LogP contribution in [0.15, 0.2) is 0 Å². The van der Waals surface area contributed by atoms with E-state index >= 15 is 0 Å². The van der Waals surface area contributed by atoms with Gasteiger partial charge in [-0.15, -0.1) is 0 Å². The number of rotatable bonds is 0. The first-order valence-electron chi connectivity index (χ1n) is 4.15. The third-order valence-corrected chi connectivity index (χ3v) is 2.47. The quantitative estimate of drug-likeness (QED) is 0.537. The minimum Gasteiger partial charge on any atom is -0.472 e. The maximum Gasteiger partial charge on any atom is 0.381 e. The van der Waals surface area contributed by atoms with Gasteiger partial charge in [0.25, 0.3) is 0 Å². The molecule has 2 heterocycles. The number of ether oxygens (including phenoxy) is 1. The number of hydrogen-bond acceptors (Lipinski definition) is 2. The molecule has 12 heavy (non-hydrogen) atoms. The molecular weight excluding hydrogens is 156 g/mol. The van der Waals surface area contributed by atoms with Crippen LogP contribution in [-0.2, 0) is 9.53 Å². The van der Waals surface area contributed by atoms with E-state index in [2.05, 4.69) is 11.8 Å². The first-order valence-corrected chi connectivity index (χ1v) is 4.15. The Kier molecular flexibility index (Phi) is 1.78. The molecule has 2 bridgehead atoms. The fraction of sp³-hybridized carbons (Fsp3) is 0.667. The van der Waals surface area contributed by atoms with Crippen molar-refractivity contribution < 1.29 is 14.6 Å². The van der Waals surface area contributed by atoms with E-state index in [9.17, 15) is 4.79 Å². The molecule has 1 N–H and O–H groups in total. The van der Waals surface area contributed by atoms with Crippen LogP contribution in [0.1, 0.15) is 19.3 Å². The topological polar surface area (TPSA) is 46.5 Å². The molecule has 2 rings (SSSR count). The summed E-state index contributed by atoms with van der Waals surface area (Å²) in [6.45, 7) is 0. The summed E-state index contributed by atoms with van der Waals surface area (Å²) in [5.41, 5.74) is 0. The zero-order chi connectivity index (χ0) is 8.55. The third-order valence-electron chi connectivity index (χ3n) is 2.47. The highest BCUT2D eigenvalue weighted by molar-refractivity contribution is 5.86. The average molecular weight is 166 g/mol. The van der Waals surface area contributed by atoms with Gasteiger partial charge in [-0.05, 0) is 19.3 Å². The Morgan fingerprint density at radius 1 is 1.50 bits per heavy atom. The van der Waals surface area contributed by atoms with Crippen molar-refractivity contribution in [2.45, 2.75) is 31.5 Å². The van der Waals surface area contributed by atoms with Crippen LogP contribution in [0, 0.1) is 17.8 Å². The summed E-state index contributed by atoms with van der Waals surface area (Å²) in [6, 6.07) is 0. The van der Waals surface area contributed by atoms with Crippen molar-refractivity contribution in [3.05, 3.63) is 0 Å². The van der Waals surface area contributed by atoms with Gasteiger partial charge in [-0.1, -0.05) is 5.92 Å². The second kappa shape index (κ2) is 2.80. The lowest BCUT2D eigenvalue weighted by Gasteiger charge is -2.10. The summed E-state index contributed by atoms with van der Waals surface area (Å²) in [6.07, 6.45) is 3.65. The van der Waals surface area contributed by atoms with Crippen LogP contribution in [0.3, 0.4) is 0 Å². The molecule has 2 fully saturated rings. The Morgan fingerprint density at radius 2 is 2.33 bits per heavy atom. The lowest BCUT2D eigenvalue weighted by Crippen LogP contribution is -2.14. The lowest BCUT2D eigenvalue weighted by molar-refractivity contribution is -0.130. The summed E-state index contributed by atoms with van der Waals surface area (Å²) >= 11 is 0. The van der Waals surface area contributed by atoms with Crippen LogP contribution in [0.5, 0.6) is 0 Å². The van der Waals surface area contributed by atoms with Crippen molar-refractivity contribution >= 4 is 5.97 Å². The molecule has 3 heteroatoms. The zero-order valence-electron chi connectivity index (χ0n) is 6.62. The molecule has 2 aliphatic heterocycles. The molecule has 0 radical (unpaired) electrons. The first-order chi connectivity index (χ1) is 5.75. The third kappa shape index (κ3) is 1.30. The first kappa shape index (κ1) is 7.63. The average Bonchev–Trinajstić information content (AvgIpc) is 2.60. The van der Waals surface area contributed by atoms with Gasteiger partial charge >= 0.3 is 5.97 Å². The van der Waals surface area contributed by atoms with Gasteiger partial charge in [0.05, 0.1) is 12.2 Å². The van der Waals surface area contributed by atoms with Crippen molar-refractivity contribution in [1.29, 1.82) is 0 Å². The van der Waals surface area contributed by atoms with Crippen molar-refractivity contribution in [3.63, 3.8) is 0 Å². The smallest absolute Gasteiger partial charge is 0.381 e. The van der Waals surface area contributed by atoms with Gasteiger partial charge in [-0.3, -0.25) is 0 Å². The van der Waals surface area contributed by atoms with Crippen LogP contribution in [0.25, 0.3) is 0 Å². The van der Waals surface area contributed by atoms with Gasteiger partial charge in [0.1, 0.15) is 0 Å². The molecule has 0 aromatic carbocycles. The fourth-order valence-corrected chi connectivity index (χ4v) is 1.94.